The highest BCUT2D eigenvalue weighted by Gasteiger charge is 2.27. The van der Waals surface area contributed by atoms with Crippen molar-refractivity contribution in [3.63, 3.8) is 0 Å². The van der Waals surface area contributed by atoms with Crippen LogP contribution in [0.4, 0.5) is 0 Å². The van der Waals surface area contributed by atoms with Gasteiger partial charge in [-0.15, -0.1) is 0 Å². The number of benzene rings is 3. The highest BCUT2D eigenvalue weighted by atomic mass is 35.5. The maximum atomic E-state index is 13.4. The smallest absolute Gasteiger partial charge is 0.272 e. The Balaban J connectivity index is 1.10. The molecule has 1 fully saturated rings. The van der Waals surface area contributed by atoms with Gasteiger partial charge in [0, 0.05) is 66.4 Å². The Morgan fingerprint density at radius 3 is 2.29 bits per heavy atom. The molecule has 1 N–H and O–H groups in total. The molecule has 49 heavy (non-hydrogen) atoms. The van der Waals surface area contributed by atoms with E-state index in [0.717, 1.165) is 87.9 Å². The van der Waals surface area contributed by atoms with Crippen molar-refractivity contribution < 1.29 is 9.59 Å². The lowest BCUT2D eigenvalue weighted by Gasteiger charge is -2.38. The van der Waals surface area contributed by atoms with Crippen molar-refractivity contribution in [3.05, 3.63) is 105 Å². The lowest BCUT2D eigenvalue weighted by atomic mass is 10.0. The highest BCUT2D eigenvalue weighted by molar-refractivity contribution is 6.35. The van der Waals surface area contributed by atoms with E-state index < -0.39 is 0 Å². The van der Waals surface area contributed by atoms with Crippen LogP contribution in [0.2, 0.25) is 15.1 Å². The minimum absolute atomic E-state index is 0.230. The monoisotopic (exact) mass is 721 g/mol. The van der Waals surface area contributed by atoms with E-state index in [9.17, 15) is 9.59 Å². The third-order valence-corrected chi connectivity index (χ3v) is 10.2. The number of halogens is 3. The number of unbranched alkanes of at least 4 members (excludes halogenated alkanes) is 3. The Morgan fingerprint density at radius 2 is 1.59 bits per heavy atom. The number of carbonyl (C=O) groups is 2. The minimum atomic E-state index is -0.230. The fourth-order valence-electron chi connectivity index (χ4n) is 6.63. The first-order valence-corrected chi connectivity index (χ1v) is 18.5. The fourth-order valence-corrected chi connectivity index (χ4v) is 7.25. The van der Waals surface area contributed by atoms with Crippen molar-refractivity contribution in [3.8, 4) is 16.9 Å². The van der Waals surface area contributed by atoms with E-state index in [2.05, 4.69) is 45.4 Å². The summed E-state index contributed by atoms with van der Waals surface area (Å²) in [4.78, 5) is 30.9. The second-order valence-corrected chi connectivity index (χ2v) is 14.0. The number of likely N-dealkylation sites (tertiary alicyclic amines) is 1. The van der Waals surface area contributed by atoms with Gasteiger partial charge in [-0.25, -0.2) is 4.68 Å². The van der Waals surface area contributed by atoms with E-state index in [-0.39, 0.29) is 11.8 Å². The Bertz CT molecular complexity index is 1680. The average Bonchev–Trinajstić information content (AvgIpc) is 3.45. The van der Waals surface area contributed by atoms with Crippen LogP contribution in [0.1, 0.15) is 73.5 Å². The van der Waals surface area contributed by atoms with Crippen molar-refractivity contribution in [2.75, 3.05) is 32.7 Å². The second-order valence-electron chi connectivity index (χ2n) is 12.8. The zero-order valence-corrected chi connectivity index (χ0v) is 30.7. The number of aromatic nitrogens is 2. The summed E-state index contributed by atoms with van der Waals surface area (Å²) in [5.41, 5.74) is 4.71. The van der Waals surface area contributed by atoms with Crippen LogP contribution in [0.15, 0.2) is 72.8 Å². The molecule has 2 heterocycles. The van der Waals surface area contributed by atoms with Crippen molar-refractivity contribution in [1.29, 1.82) is 0 Å². The summed E-state index contributed by atoms with van der Waals surface area (Å²) in [6.07, 6.45) is 7.45. The van der Waals surface area contributed by atoms with Crippen molar-refractivity contribution >= 4 is 46.6 Å². The quantitative estimate of drug-likeness (QED) is 0.124. The summed E-state index contributed by atoms with van der Waals surface area (Å²) in [6, 6.07) is 23.6. The van der Waals surface area contributed by atoms with Crippen LogP contribution in [-0.4, -0.2) is 70.2 Å². The molecule has 2 amide bonds. The van der Waals surface area contributed by atoms with Gasteiger partial charge in [0.2, 0.25) is 5.91 Å². The summed E-state index contributed by atoms with van der Waals surface area (Å²) < 4.78 is 1.70. The van der Waals surface area contributed by atoms with Crippen LogP contribution in [0.5, 0.6) is 0 Å². The van der Waals surface area contributed by atoms with Crippen LogP contribution >= 0.6 is 34.8 Å². The van der Waals surface area contributed by atoms with Gasteiger partial charge in [0.15, 0.2) is 5.69 Å². The normalized spacial score (nSPS) is 13.8. The first-order chi connectivity index (χ1) is 23.7. The van der Waals surface area contributed by atoms with Crippen molar-refractivity contribution in [2.45, 2.75) is 71.3 Å². The molecule has 260 valence electrons. The van der Waals surface area contributed by atoms with Gasteiger partial charge >= 0.3 is 0 Å². The maximum Gasteiger partial charge on any atom is 0.272 e. The molecule has 4 aromatic rings. The first kappa shape index (κ1) is 36.9. The molecule has 0 saturated carbocycles. The summed E-state index contributed by atoms with van der Waals surface area (Å²) in [5.74, 6) is 0.0223. The number of amides is 2. The lowest BCUT2D eigenvalue weighted by Crippen LogP contribution is -2.48. The topological polar surface area (TPSA) is 70.5 Å². The summed E-state index contributed by atoms with van der Waals surface area (Å²) in [5, 5.41) is 9.35. The molecule has 3 aromatic carbocycles. The van der Waals surface area contributed by atoms with Gasteiger partial charge in [0.25, 0.3) is 5.91 Å². The molecule has 7 nitrogen and oxygen atoms in total. The fraction of sp³-hybridized carbons (Fsp3) is 0.410. The number of carbonyl (C=O) groups excluding carboxylic acids is 2. The lowest BCUT2D eigenvalue weighted by molar-refractivity contribution is -0.134. The molecule has 1 aliphatic heterocycles. The van der Waals surface area contributed by atoms with Crippen LogP contribution in [0.3, 0.4) is 0 Å². The predicted octanol–water partition coefficient (Wildman–Crippen LogP) is 9.04. The van der Waals surface area contributed by atoms with Gasteiger partial charge in [-0.2, -0.15) is 5.10 Å². The predicted molar refractivity (Wildman–Crippen MR) is 201 cm³/mol. The van der Waals surface area contributed by atoms with Gasteiger partial charge in [0.05, 0.1) is 16.4 Å². The Labute approximate surface area is 305 Å². The molecule has 1 aliphatic rings. The Morgan fingerprint density at radius 1 is 0.898 bits per heavy atom. The molecular formula is C39H46Cl3N5O2. The molecule has 10 heteroatoms. The largest absolute Gasteiger partial charge is 0.351 e. The minimum Gasteiger partial charge on any atom is -0.351 e. The zero-order valence-electron chi connectivity index (χ0n) is 28.4. The second kappa shape index (κ2) is 18.0. The molecule has 0 spiro atoms. The summed E-state index contributed by atoms with van der Waals surface area (Å²) in [7, 11) is 0. The molecule has 0 bridgehead atoms. The van der Waals surface area contributed by atoms with E-state index in [1.54, 1.807) is 22.9 Å². The maximum absolute atomic E-state index is 13.4. The Kier molecular flexibility index (Phi) is 13.6. The third-order valence-electron chi connectivity index (χ3n) is 9.38. The van der Waals surface area contributed by atoms with E-state index in [1.807, 2.05) is 38.1 Å². The van der Waals surface area contributed by atoms with Gasteiger partial charge < -0.3 is 15.1 Å². The van der Waals surface area contributed by atoms with Crippen molar-refractivity contribution in [2.24, 2.45) is 0 Å². The van der Waals surface area contributed by atoms with Crippen LogP contribution in [0.25, 0.3) is 16.9 Å². The number of rotatable bonds is 15. The molecule has 0 aliphatic carbocycles. The number of piperidine rings is 1. The average molecular weight is 723 g/mol. The zero-order chi connectivity index (χ0) is 34.8. The van der Waals surface area contributed by atoms with E-state index in [0.29, 0.717) is 45.5 Å². The molecular weight excluding hydrogens is 677 g/mol. The third kappa shape index (κ3) is 9.88. The molecule has 0 unspecified atom stereocenters. The standard InChI is InChI=1S/C39H46Cl3N5O2/c1-3-36(48)46(33-20-25-45(26-21-33)24-19-29-11-7-6-8-12-29)23-10-5-4-9-22-43-39(49)37-28(2)38(30-13-15-31(40)16-14-30)47(44-37)35-18-17-32(41)27-34(35)42/h6-8,11-18,27,33H,3-5,9-10,19-26H2,1-2H3,(H,43,49). The van der Waals surface area contributed by atoms with E-state index >= 15 is 0 Å². The van der Waals surface area contributed by atoms with Gasteiger partial charge in [0.1, 0.15) is 0 Å². The molecule has 0 radical (unpaired) electrons. The first-order valence-electron chi connectivity index (χ1n) is 17.4. The van der Waals surface area contributed by atoms with E-state index in [1.165, 1.54) is 5.56 Å². The number of nitrogens with one attached hydrogen (secondary N) is 1. The molecule has 0 atom stereocenters. The van der Waals surface area contributed by atoms with Gasteiger partial charge in [-0.1, -0.05) is 97.0 Å². The van der Waals surface area contributed by atoms with Gasteiger partial charge in [-0.05, 0) is 74.9 Å². The summed E-state index contributed by atoms with van der Waals surface area (Å²) >= 11 is 18.9. The highest BCUT2D eigenvalue weighted by Crippen LogP contribution is 2.33. The Hall–Kier alpha value is -3.36. The SMILES string of the molecule is CCC(=O)N(CCCCCCNC(=O)c1nn(-c2ccc(Cl)cc2Cl)c(-c2ccc(Cl)cc2)c1C)C1CCN(CCc2ccccc2)CC1. The van der Waals surface area contributed by atoms with Crippen molar-refractivity contribution in [1.82, 2.24) is 24.9 Å². The van der Waals surface area contributed by atoms with E-state index in [4.69, 9.17) is 39.9 Å². The molecule has 1 saturated heterocycles. The van der Waals surface area contributed by atoms with Crippen LogP contribution in [0, 0.1) is 6.92 Å². The number of nitrogens with zero attached hydrogens (tertiary/aromatic N) is 4. The van der Waals surface area contributed by atoms with Crippen LogP contribution < -0.4 is 5.32 Å². The number of hydrogen-bond donors (Lipinski definition) is 1. The summed E-state index contributed by atoms with van der Waals surface area (Å²) in [6.45, 7) is 8.33. The van der Waals surface area contributed by atoms with Crippen LogP contribution in [-0.2, 0) is 11.2 Å². The number of hydrogen-bond acceptors (Lipinski definition) is 4. The van der Waals surface area contributed by atoms with Gasteiger partial charge in [-0.3, -0.25) is 9.59 Å². The molecule has 5 rings (SSSR count). The molecule has 1 aromatic heterocycles.